The molecule has 1 amide bonds. The van der Waals surface area contributed by atoms with Crippen molar-refractivity contribution >= 4 is 18.3 Å². The molecule has 0 aromatic carbocycles. The SMILES string of the molecule is CN(C(=O)CN1CCNCC1c1cccnc1)C1CC1.Cl. The Bertz CT molecular complexity index is 466. The van der Waals surface area contributed by atoms with Gasteiger partial charge in [0, 0.05) is 51.2 Å². The second-order valence-electron chi connectivity index (χ2n) is 5.71. The molecule has 2 aliphatic rings. The number of nitrogens with one attached hydrogen (secondary N) is 1. The summed E-state index contributed by atoms with van der Waals surface area (Å²) in [6.07, 6.45) is 6.02. The van der Waals surface area contributed by atoms with Gasteiger partial charge >= 0.3 is 0 Å². The molecular weight excluding hydrogens is 288 g/mol. The highest BCUT2D eigenvalue weighted by atomic mass is 35.5. The number of amides is 1. The van der Waals surface area contributed by atoms with Gasteiger partial charge in [-0.15, -0.1) is 12.4 Å². The maximum Gasteiger partial charge on any atom is 0.236 e. The zero-order valence-corrected chi connectivity index (χ0v) is 13.2. The molecule has 116 valence electrons. The number of nitrogens with zero attached hydrogens (tertiary/aromatic N) is 3. The van der Waals surface area contributed by atoms with Crippen molar-refractivity contribution in [3.05, 3.63) is 30.1 Å². The second kappa shape index (κ2) is 7.20. The molecule has 1 aromatic heterocycles. The Kier molecular flexibility index (Phi) is 5.56. The lowest BCUT2D eigenvalue weighted by Crippen LogP contribution is -2.50. The summed E-state index contributed by atoms with van der Waals surface area (Å²) in [6.45, 7) is 3.24. The minimum Gasteiger partial charge on any atom is -0.342 e. The molecule has 1 aliphatic heterocycles. The molecule has 21 heavy (non-hydrogen) atoms. The van der Waals surface area contributed by atoms with E-state index in [9.17, 15) is 4.79 Å². The summed E-state index contributed by atoms with van der Waals surface area (Å²) in [5.41, 5.74) is 1.18. The van der Waals surface area contributed by atoms with Crippen LogP contribution in [0.2, 0.25) is 0 Å². The third kappa shape index (κ3) is 3.93. The van der Waals surface area contributed by atoms with Gasteiger partial charge in [0.15, 0.2) is 0 Å². The lowest BCUT2D eigenvalue weighted by atomic mass is 10.1. The summed E-state index contributed by atoms with van der Waals surface area (Å²) in [4.78, 5) is 20.7. The van der Waals surface area contributed by atoms with Crippen LogP contribution < -0.4 is 5.32 Å². The smallest absolute Gasteiger partial charge is 0.236 e. The number of piperazine rings is 1. The average molecular weight is 311 g/mol. The van der Waals surface area contributed by atoms with E-state index in [0.29, 0.717) is 12.6 Å². The van der Waals surface area contributed by atoms with Gasteiger partial charge in [0.1, 0.15) is 0 Å². The maximum absolute atomic E-state index is 12.3. The number of aromatic nitrogens is 1. The largest absolute Gasteiger partial charge is 0.342 e. The number of pyridine rings is 1. The van der Waals surface area contributed by atoms with Gasteiger partial charge in [-0.05, 0) is 24.5 Å². The van der Waals surface area contributed by atoms with E-state index >= 15 is 0 Å². The number of hydrogen-bond donors (Lipinski definition) is 1. The van der Waals surface area contributed by atoms with Crippen LogP contribution in [0.15, 0.2) is 24.5 Å². The molecule has 6 heteroatoms. The number of hydrogen-bond acceptors (Lipinski definition) is 4. The van der Waals surface area contributed by atoms with Crippen LogP contribution >= 0.6 is 12.4 Å². The van der Waals surface area contributed by atoms with Crippen molar-refractivity contribution in [1.82, 2.24) is 20.1 Å². The molecule has 0 radical (unpaired) electrons. The summed E-state index contributed by atoms with van der Waals surface area (Å²) in [6, 6.07) is 4.78. The fraction of sp³-hybridized carbons (Fsp3) is 0.600. The van der Waals surface area contributed by atoms with Gasteiger partial charge in [0.2, 0.25) is 5.91 Å². The van der Waals surface area contributed by atoms with Crippen molar-refractivity contribution < 1.29 is 4.79 Å². The van der Waals surface area contributed by atoms with Crippen LogP contribution in [0.25, 0.3) is 0 Å². The highest BCUT2D eigenvalue weighted by Crippen LogP contribution is 2.26. The Morgan fingerprint density at radius 3 is 3.00 bits per heavy atom. The van der Waals surface area contributed by atoms with Crippen molar-refractivity contribution in [2.45, 2.75) is 24.9 Å². The monoisotopic (exact) mass is 310 g/mol. The Balaban J connectivity index is 0.00000161. The normalized spacial score (nSPS) is 22.4. The van der Waals surface area contributed by atoms with E-state index < -0.39 is 0 Å². The highest BCUT2D eigenvalue weighted by Gasteiger charge is 2.32. The first kappa shape index (κ1) is 16.2. The predicted molar refractivity (Wildman–Crippen MR) is 84.5 cm³/mol. The van der Waals surface area contributed by atoms with Crippen LogP contribution in [0.5, 0.6) is 0 Å². The lowest BCUT2D eigenvalue weighted by Gasteiger charge is -2.36. The van der Waals surface area contributed by atoms with Crippen LogP contribution in [0.1, 0.15) is 24.4 Å². The van der Waals surface area contributed by atoms with Gasteiger partial charge in [-0.25, -0.2) is 0 Å². The van der Waals surface area contributed by atoms with Crippen molar-refractivity contribution in [1.29, 1.82) is 0 Å². The van der Waals surface area contributed by atoms with Gasteiger partial charge in [-0.1, -0.05) is 6.07 Å². The zero-order valence-electron chi connectivity index (χ0n) is 12.4. The molecule has 5 nitrogen and oxygen atoms in total. The molecule has 0 bridgehead atoms. The third-order valence-electron chi connectivity index (χ3n) is 4.25. The molecule has 0 spiro atoms. The van der Waals surface area contributed by atoms with E-state index in [1.165, 1.54) is 5.56 Å². The van der Waals surface area contributed by atoms with Gasteiger partial charge in [-0.3, -0.25) is 14.7 Å². The average Bonchev–Trinajstić information content (AvgIpc) is 3.32. The lowest BCUT2D eigenvalue weighted by molar-refractivity contribution is -0.132. The van der Waals surface area contributed by atoms with E-state index in [2.05, 4.69) is 21.3 Å². The molecule has 1 unspecified atom stereocenters. The molecule has 2 heterocycles. The Hall–Kier alpha value is -1.17. The number of likely N-dealkylation sites (N-methyl/N-ethyl adjacent to an activating group) is 1. The van der Waals surface area contributed by atoms with Crippen molar-refractivity contribution in [3.8, 4) is 0 Å². The molecule has 2 fully saturated rings. The van der Waals surface area contributed by atoms with E-state index in [1.54, 1.807) is 6.20 Å². The summed E-state index contributed by atoms with van der Waals surface area (Å²) < 4.78 is 0. The molecule has 1 saturated heterocycles. The fourth-order valence-corrected chi connectivity index (χ4v) is 2.79. The number of halogens is 1. The van der Waals surface area contributed by atoms with E-state index in [1.807, 2.05) is 24.2 Å². The quantitative estimate of drug-likeness (QED) is 0.904. The number of carbonyl (C=O) groups excluding carboxylic acids is 1. The second-order valence-corrected chi connectivity index (χ2v) is 5.71. The summed E-state index contributed by atoms with van der Waals surface area (Å²) in [7, 11) is 1.93. The minimum absolute atomic E-state index is 0. The molecular formula is C15H23ClN4O. The fourth-order valence-electron chi connectivity index (χ4n) is 2.79. The van der Waals surface area contributed by atoms with Crippen LogP contribution in [0, 0.1) is 0 Å². The van der Waals surface area contributed by atoms with Crippen molar-refractivity contribution in [2.24, 2.45) is 0 Å². The Morgan fingerprint density at radius 1 is 1.52 bits per heavy atom. The maximum atomic E-state index is 12.3. The standard InChI is InChI=1S/C15H22N4O.ClH/c1-18(13-4-5-13)15(20)11-19-8-7-17-10-14(19)12-3-2-6-16-9-12;/h2-3,6,9,13-14,17H,4-5,7-8,10-11H2,1H3;1H. The number of rotatable bonds is 4. The molecule has 1 aliphatic carbocycles. The first-order chi connectivity index (χ1) is 9.75. The van der Waals surface area contributed by atoms with Crippen LogP contribution in [0.3, 0.4) is 0 Å². The molecule has 1 aromatic rings. The molecule has 1 saturated carbocycles. The van der Waals surface area contributed by atoms with Crippen LogP contribution in [-0.2, 0) is 4.79 Å². The van der Waals surface area contributed by atoms with Gasteiger partial charge in [0.25, 0.3) is 0 Å². The van der Waals surface area contributed by atoms with E-state index in [0.717, 1.165) is 32.5 Å². The van der Waals surface area contributed by atoms with Crippen LogP contribution in [-0.4, -0.2) is 60.0 Å². The van der Waals surface area contributed by atoms with Gasteiger partial charge in [-0.2, -0.15) is 0 Å². The number of carbonyl (C=O) groups is 1. The predicted octanol–water partition coefficient (Wildman–Crippen LogP) is 1.07. The summed E-state index contributed by atoms with van der Waals surface area (Å²) in [5, 5.41) is 3.41. The van der Waals surface area contributed by atoms with Gasteiger partial charge in [0.05, 0.1) is 6.54 Å². The molecule has 3 rings (SSSR count). The first-order valence-electron chi connectivity index (χ1n) is 7.36. The third-order valence-corrected chi connectivity index (χ3v) is 4.25. The van der Waals surface area contributed by atoms with Crippen molar-refractivity contribution in [2.75, 3.05) is 33.2 Å². The highest BCUT2D eigenvalue weighted by molar-refractivity contribution is 5.85. The van der Waals surface area contributed by atoms with Crippen molar-refractivity contribution in [3.63, 3.8) is 0 Å². The van der Waals surface area contributed by atoms with Gasteiger partial charge < -0.3 is 10.2 Å². The van der Waals surface area contributed by atoms with Crippen LogP contribution in [0.4, 0.5) is 0 Å². The van der Waals surface area contributed by atoms with E-state index in [4.69, 9.17) is 0 Å². The zero-order chi connectivity index (χ0) is 13.9. The minimum atomic E-state index is 0. The summed E-state index contributed by atoms with van der Waals surface area (Å²) >= 11 is 0. The molecule has 1 N–H and O–H groups in total. The topological polar surface area (TPSA) is 48.5 Å². The van der Waals surface area contributed by atoms with E-state index in [-0.39, 0.29) is 24.4 Å². The Labute approximate surface area is 132 Å². The summed E-state index contributed by atoms with van der Waals surface area (Å²) in [5.74, 6) is 0.239. The first-order valence-corrected chi connectivity index (χ1v) is 7.36. The molecule has 1 atom stereocenters. The Morgan fingerprint density at radius 2 is 2.33 bits per heavy atom.